The van der Waals surface area contributed by atoms with Gasteiger partial charge in [0.05, 0.1) is 5.92 Å². The van der Waals surface area contributed by atoms with Crippen molar-refractivity contribution in [2.24, 2.45) is 0 Å². The van der Waals surface area contributed by atoms with Gasteiger partial charge in [-0.2, -0.15) is 5.10 Å². The molecule has 0 saturated heterocycles. The highest BCUT2D eigenvalue weighted by Crippen LogP contribution is 2.39. The third-order valence-corrected chi connectivity index (χ3v) is 5.95. The van der Waals surface area contributed by atoms with E-state index < -0.39 is 0 Å². The van der Waals surface area contributed by atoms with E-state index in [-0.39, 0.29) is 17.7 Å². The van der Waals surface area contributed by atoms with Gasteiger partial charge in [-0.15, -0.1) is 0 Å². The predicted molar refractivity (Wildman–Crippen MR) is 128 cm³/mol. The molecule has 0 aliphatic heterocycles. The highest BCUT2D eigenvalue weighted by molar-refractivity contribution is 6.00. The Morgan fingerprint density at radius 2 is 1.81 bits per heavy atom. The molecule has 6 heteroatoms. The van der Waals surface area contributed by atoms with Gasteiger partial charge >= 0.3 is 0 Å². The number of benzene rings is 2. The van der Waals surface area contributed by atoms with Crippen LogP contribution in [0.15, 0.2) is 55.1 Å². The van der Waals surface area contributed by atoms with E-state index in [4.69, 9.17) is 0 Å². The molecule has 32 heavy (non-hydrogen) atoms. The fourth-order valence-electron chi connectivity index (χ4n) is 3.88. The molecule has 164 valence electrons. The molecule has 4 rings (SSSR count). The molecule has 1 saturated carbocycles. The highest BCUT2D eigenvalue weighted by atomic mass is 16.2. The number of aromatic nitrogens is 2. The van der Waals surface area contributed by atoms with Crippen molar-refractivity contribution < 1.29 is 9.59 Å². The summed E-state index contributed by atoms with van der Waals surface area (Å²) in [5.74, 6) is 0.483. The minimum atomic E-state index is -0.329. The molecule has 0 radical (unpaired) electrons. The molecule has 0 bridgehead atoms. The molecule has 2 amide bonds. The Balaban J connectivity index is 1.52. The standard InChI is InChI=1S/C26H28N4O2/c1-5-24(31)28-25-15(2)11-21(12-16(25)3)20-8-6-7-19(13-20)17(4)26(32)27-23-14-22(29-30-23)18-9-10-18/h5-8,11-14,17-18H,1,9-10H2,2-4H3,(H,28,31)(H2,27,29,30,32). The molecular weight excluding hydrogens is 400 g/mol. The second kappa shape index (κ2) is 8.83. The van der Waals surface area contributed by atoms with Crippen molar-refractivity contribution in [1.29, 1.82) is 0 Å². The Bertz CT molecular complexity index is 1170. The first-order chi connectivity index (χ1) is 15.4. The number of H-pyrrole nitrogens is 1. The Morgan fingerprint density at radius 1 is 1.09 bits per heavy atom. The summed E-state index contributed by atoms with van der Waals surface area (Å²) in [4.78, 5) is 24.5. The summed E-state index contributed by atoms with van der Waals surface area (Å²) in [7, 11) is 0. The zero-order valence-corrected chi connectivity index (χ0v) is 18.7. The van der Waals surface area contributed by atoms with Gasteiger partial charge in [0.1, 0.15) is 0 Å². The summed E-state index contributed by atoms with van der Waals surface area (Å²) in [5, 5.41) is 13.0. The van der Waals surface area contributed by atoms with Crippen molar-refractivity contribution in [1.82, 2.24) is 10.2 Å². The molecule has 3 N–H and O–H groups in total. The number of rotatable bonds is 7. The van der Waals surface area contributed by atoms with Gasteiger partial charge in [0.2, 0.25) is 11.8 Å². The molecule has 6 nitrogen and oxygen atoms in total. The maximum Gasteiger partial charge on any atom is 0.247 e. The minimum Gasteiger partial charge on any atom is -0.322 e. The molecule has 1 aliphatic rings. The maximum absolute atomic E-state index is 12.8. The fourth-order valence-corrected chi connectivity index (χ4v) is 3.88. The van der Waals surface area contributed by atoms with Crippen LogP contribution in [-0.2, 0) is 9.59 Å². The van der Waals surface area contributed by atoms with Crippen LogP contribution in [0, 0.1) is 13.8 Å². The van der Waals surface area contributed by atoms with E-state index in [9.17, 15) is 9.59 Å². The van der Waals surface area contributed by atoms with Gasteiger partial charge in [-0.3, -0.25) is 14.7 Å². The second-order valence-corrected chi connectivity index (χ2v) is 8.50. The molecule has 1 fully saturated rings. The number of carbonyl (C=O) groups is 2. The number of hydrogen-bond donors (Lipinski definition) is 3. The number of carbonyl (C=O) groups excluding carboxylic acids is 2. The lowest BCUT2D eigenvalue weighted by Crippen LogP contribution is -2.19. The van der Waals surface area contributed by atoms with Crippen LogP contribution in [0.2, 0.25) is 0 Å². The maximum atomic E-state index is 12.8. The van der Waals surface area contributed by atoms with Crippen molar-refractivity contribution in [2.45, 2.75) is 45.4 Å². The number of aromatic amines is 1. The predicted octanol–water partition coefficient (Wildman–Crippen LogP) is 5.44. The van der Waals surface area contributed by atoms with Gasteiger partial charge < -0.3 is 10.6 Å². The van der Waals surface area contributed by atoms with Crippen LogP contribution in [0.3, 0.4) is 0 Å². The first-order valence-corrected chi connectivity index (χ1v) is 10.9. The minimum absolute atomic E-state index is 0.0918. The van der Waals surface area contributed by atoms with Crippen LogP contribution in [0.25, 0.3) is 11.1 Å². The first-order valence-electron chi connectivity index (χ1n) is 10.9. The van der Waals surface area contributed by atoms with Gasteiger partial charge in [-0.25, -0.2) is 0 Å². The van der Waals surface area contributed by atoms with Crippen molar-refractivity contribution in [3.8, 4) is 11.1 Å². The molecule has 1 unspecified atom stereocenters. The molecule has 0 spiro atoms. The average Bonchev–Trinajstić information content (AvgIpc) is 3.54. The summed E-state index contributed by atoms with van der Waals surface area (Å²) in [6, 6.07) is 14.0. The van der Waals surface area contributed by atoms with Crippen LogP contribution in [0.1, 0.15) is 54.0 Å². The van der Waals surface area contributed by atoms with E-state index in [1.54, 1.807) is 0 Å². The van der Waals surface area contributed by atoms with Crippen LogP contribution in [0.5, 0.6) is 0 Å². The van der Waals surface area contributed by atoms with Gasteiger partial charge in [0.25, 0.3) is 0 Å². The van der Waals surface area contributed by atoms with Crippen molar-refractivity contribution in [3.63, 3.8) is 0 Å². The van der Waals surface area contributed by atoms with Crippen molar-refractivity contribution in [3.05, 3.63) is 77.5 Å². The van der Waals surface area contributed by atoms with Gasteiger partial charge in [-0.05, 0) is 79.6 Å². The number of nitrogens with zero attached hydrogens (tertiary/aromatic N) is 1. The van der Waals surface area contributed by atoms with Crippen LogP contribution < -0.4 is 10.6 Å². The monoisotopic (exact) mass is 428 g/mol. The lowest BCUT2D eigenvalue weighted by atomic mass is 9.93. The zero-order chi connectivity index (χ0) is 22.8. The molecule has 1 aliphatic carbocycles. The number of nitrogens with one attached hydrogen (secondary N) is 3. The number of anilines is 2. The summed E-state index contributed by atoms with van der Waals surface area (Å²) >= 11 is 0. The second-order valence-electron chi connectivity index (χ2n) is 8.50. The van der Waals surface area contributed by atoms with E-state index in [1.165, 1.54) is 18.9 Å². The SMILES string of the molecule is C=CC(=O)Nc1c(C)cc(-c2cccc(C(C)C(=O)Nc3cc(C4CC4)[nH]n3)c2)cc1C. The zero-order valence-electron chi connectivity index (χ0n) is 18.7. The third-order valence-electron chi connectivity index (χ3n) is 5.95. The smallest absolute Gasteiger partial charge is 0.247 e. The van der Waals surface area contributed by atoms with Crippen LogP contribution >= 0.6 is 0 Å². The highest BCUT2D eigenvalue weighted by Gasteiger charge is 2.26. The van der Waals surface area contributed by atoms with Crippen LogP contribution in [0.4, 0.5) is 11.5 Å². The van der Waals surface area contributed by atoms with Crippen LogP contribution in [-0.4, -0.2) is 22.0 Å². The lowest BCUT2D eigenvalue weighted by Gasteiger charge is -2.15. The molecule has 1 atom stereocenters. The third kappa shape index (κ3) is 4.64. The van der Waals surface area contributed by atoms with Gasteiger partial charge in [-0.1, -0.05) is 30.8 Å². The van der Waals surface area contributed by atoms with E-state index in [0.29, 0.717) is 11.7 Å². The quantitative estimate of drug-likeness (QED) is 0.438. The largest absolute Gasteiger partial charge is 0.322 e. The van der Waals surface area contributed by atoms with E-state index >= 15 is 0 Å². The van der Waals surface area contributed by atoms with Gasteiger partial charge in [0, 0.05) is 23.4 Å². The number of hydrogen-bond acceptors (Lipinski definition) is 3. The summed E-state index contributed by atoms with van der Waals surface area (Å²) in [6.07, 6.45) is 3.62. The van der Waals surface area contributed by atoms with E-state index in [1.807, 2.05) is 63.2 Å². The van der Waals surface area contributed by atoms with Crippen molar-refractivity contribution >= 4 is 23.3 Å². The first kappa shape index (κ1) is 21.6. The summed E-state index contributed by atoms with van der Waals surface area (Å²) in [5.41, 5.74) is 6.81. The normalized spacial score (nSPS) is 14.0. The molecular formula is C26H28N4O2. The Hall–Kier alpha value is -3.67. The Morgan fingerprint density at radius 3 is 2.47 bits per heavy atom. The van der Waals surface area contributed by atoms with Gasteiger partial charge in [0.15, 0.2) is 5.82 Å². The Kier molecular flexibility index (Phi) is 5.95. The summed E-state index contributed by atoms with van der Waals surface area (Å²) in [6.45, 7) is 9.34. The molecule has 1 heterocycles. The lowest BCUT2D eigenvalue weighted by molar-refractivity contribution is -0.117. The summed E-state index contributed by atoms with van der Waals surface area (Å²) < 4.78 is 0. The van der Waals surface area contributed by atoms with E-state index in [0.717, 1.165) is 39.2 Å². The van der Waals surface area contributed by atoms with Crippen molar-refractivity contribution in [2.75, 3.05) is 10.6 Å². The Labute approximate surface area is 188 Å². The number of aryl methyl sites for hydroxylation is 2. The fraction of sp³-hybridized carbons (Fsp3) is 0.269. The molecule has 1 aromatic heterocycles. The molecule has 2 aromatic carbocycles. The average molecular weight is 429 g/mol. The topological polar surface area (TPSA) is 86.9 Å². The van der Waals surface area contributed by atoms with E-state index in [2.05, 4.69) is 27.4 Å². The molecule has 3 aromatic rings. The number of amides is 2.